The molecular weight excluding hydrogens is 234 g/mol. The van der Waals surface area contributed by atoms with Crippen LogP contribution in [0.3, 0.4) is 0 Å². The molecule has 0 amide bonds. The van der Waals surface area contributed by atoms with Gasteiger partial charge in [-0.2, -0.15) is 0 Å². The van der Waals surface area contributed by atoms with E-state index in [2.05, 4.69) is 37.7 Å². The first-order valence-electron chi connectivity index (χ1n) is 8.17. The van der Waals surface area contributed by atoms with Crippen LogP contribution in [0.25, 0.3) is 0 Å². The van der Waals surface area contributed by atoms with E-state index in [0.717, 1.165) is 19.0 Å². The molecule has 1 aliphatic carbocycles. The third-order valence-electron chi connectivity index (χ3n) is 5.08. The minimum atomic E-state index is 0.298. The monoisotopic (exact) mass is 269 g/mol. The lowest BCUT2D eigenvalue weighted by Crippen LogP contribution is -2.56. The SMILES string of the molecule is CCC1CCC(CN)(N(CC)CCCN(C)C)CC1. The normalized spacial score (nSPS) is 28.3. The Kier molecular flexibility index (Phi) is 7.33. The van der Waals surface area contributed by atoms with E-state index in [4.69, 9.17) is 5.73 Å². The van der Waals surface area contributed by atoms with Gasteiger partial charge in [0.05, 0.1) is 0 Å². The van der Waals surface area contributed by atoms with E-state index in [1.54, 1.807) is 0 Å². The van der Waals surface area contributed by atoms with Crippen molar-refractivity contribution in [1.82, 2.24) is 9.80 Å². The second-order valence-electron chi connectivity index (χ2n) is 6.52. The largest absolute Gasteiger partial charge is 0.329 e. The number of nitrogens with two attached hydrogens (primary N) is 1. The Morgan fingerprint density at radius 2 is 1.74 bits per heavy atom. The van der Waals surface area contributed by atoms with Crippen LogP contribution in [0.15, 0.2) is 0 Å². The minimum Gasteiger partial charge on any atom is -0.329 e. The zero-order valence-electron chi connectivity index (χ0n) is 13.6. The van der Waals surface area contributed by atoms with Gasteiger partial charge in [-0.25, -0.2) is 0 Å². The highest BCUT2D eigenvalue weighted by Gasteiger charge is 2.37. The Labute approximate surface area is 120 Å². The second kappa shape index (κ2) is 8.23. The maximum atomic E-state index is 6.18. The van der Waals surface area contributed by atoms with Gasteiger partial charge < -0.3 is 10.6 Å². The Bertz CT molecular complexity index is 232. The molecule has 0 aromatic rings. The maximum absolute atomic E-state index is 6.18. The molecule has 0 bridgehead atoms. The third-order valence-corrected chi connectivity index (χ3v) is 5.08. The van der Waals surface area contributed by atoms with Crippen LogP contribution in [0.4, 0.5) is 0 Å². The van der Waals surface area contributed by atoms with E-state index in [0.29, 0.717) is 5.54 Å². The van der Waals surface area contributed by atoms with Gasteiger partial charge in [-0.1, -0.05) is 20.3 Å². The van der Waals surface area contributed by atoms with Crippen molar-refractivity contribution in [3.63, 3.8) is 0 Å². The number of likely N-dealkylation sites (N-methyl/N-ethyl adjacent to an activating group) is 1. The van der Waals surface area contributed by atoms with Gasteiger partial charge in [0.2, 0.25) is 0 Å². The second-order valence-corrected chi connectivity index (χ2v) is 6.52. The summed E-state index contributed by atoms with van der Waals surface area (Å²) in [5.41, 5.74) is 6.48. The van der Waals surface area contributed by atoms with E-state index in [1.165, 1.54) is 51.6 Å². The molecule has 0 saturated heterocycles. The number of rotatable bonds is 8. The van der Waals surface area contributed by atoms with Crippen molar-refractivity contribution >= 4 is 0 Å². The fraction of sp³-hybridized carbons (Fsp3) is 1.00. The van der Waals surface area contributed by atoms with Crippen LogP contribution < -0.4 is 5.73 Å². The van der Waals surface area contributed by atoms with Crippen LogP contribution in [0.5, 0.6) is 0 Å². The first-order valence-corrected chi connectivity index (χ1v) is 8.17. The molecule has 0 radical (unpaired) electrons. The smallest absolute Gasteiger partial charge is 0.0331 e. The average Bonchev–Trinajstić information content (AvgIpc) is 2.43. The molecule has 3 heteroatoms. The zero-order valence-corrected chi connectivity index (χ0v) is 13.6. The number of nitrogens with zero attached hydrogens (tertiary/aromatic N) is 2. The lowest BCUT2D eigenvalue weighted by atomic mass is 9.74. The Balaban J connectivity index is 2.54. The molecule has 0 atom stereocenters. The summed E-state index contributed by atoms with van der Waals surface area (Å²) in [6.07, 6.45) is 7.94. The average molecular weight is 269 g/mol. The Morgan fingerprint density at radius 3 is 2.16 bits per heavy atom. The van der Waals surface area contributed by atoms with Crippen LogP contribution in [0.2, 0.25) is 0 Å². The summed E-state index contributed by atoms with van der Waals surface area (Å²) in [5.74, 6) is 0.945. The molecule has 3 nitrogen and oxygen atoms in total. The molecule has 0 heterocycles. The van der Waals surface area contributed by atoms with Crippen LogP contribution in [0, 0.1) is 5.92 Å². The van der Waals surface area contributed by atoms with Crippen molar-refractivity contribution in [2.75, 3.05) is 40.3 Å². The van der Waals surface area contributed by atoms with Gasteiger partial charge in [-0.3, -0.25) is 4.90 Å². The molecule has 1 fully saturated rings. The first kappa shape index (κ1) is 16.9. The summed E-state index contributed by atoms with van der Waals surface area (Å²) in [4.78, 5) is 4.94. The Morgan fingerprint density at radius 1 is 1.11 bits per heavy atom. The van der Waals surface area contributed by atoms with Crippen molar-refractivity contribution in [2.24, 2.45) is 11.7 Å². The highest BCUT2D eigenvalue weighted by Crippen LogP contribution is 2.37. The summed E-state index contributed by atoms with van der Waals surface area (Å²) in [7, 11) is 4.31. The standard InChI is InChI=1S/C16H35N3/c1-5-15-8-10-16(14-17,11-9-15)19(6-2)13-7-12-18(3)4/h15H,5-14,17H2,1-4H3. The molecule has 2 N–H and O–H groups in total. The molecule has 1 saturated carbocycles. The summed E-state index contributed by atoms with van der Waals surface area (Å²) < 4.78 is 0. The predicted molar refractivity (Wildman–Crippen MR) is 84.5 cm³/mol. The molecule has 19 heavy (non-hydrogen) atoms. The van der Waals surface area contributed by atoms with Crippen LogP contribution >= 0.6 is 0 Å². The van der Waals surface area contributed by atoms with Gasteiger partial charge in [-0.05, 0) is 71.8 Å². The number of hydrogen-bond acceptors (Lipinski definition) is 3. The predicted octanol–water partition coefficient (Wildman–Crippen LogP) is 2.56. The number of hydrogen-bond donors (Lipinski definition) is 1. The maximum Gasteiger partial charge on any atom is 0.0331 e. The third kappa shape index (κ3) is 4.73. The van der Waals surface area contributed by atoms with Crippen LogP contribution in [0.1, 0.15) is 52.4 Å². The van der Waals surface area contributed by atoms with Crippen molar-refractivity contribution in [3.05, 3.63) is 0 Å². The van der Waals surface area contributed by atoms with Gasteiger partial charge in [-0.15, -0.1) is 0 Å². The van der Waals surface area contributed by atoms with E-state index >= 15 is 0 Å². The fourth-order valence-corrected chi connectivity index (χ4v) is 3.58. The van der Waals surface area contributed by atoms with Crippen LogP contribution in [-0.2, 0) is 0 Å². The zero-order chi connectivity index (χ0) is 14.3. The molecule has 0 unspecified atom stereocenters. The van der Waals surface area contributed by atoms with E-state index in [1.807, 2.05) is 0 Å². The molecule has 0 aliphatic heterocycles. The molecule has 0 aromatic heterocycles. The van der Waals surface area contributed by atoms with E-state index < -0.39 is 0 Å². The van der Waals surface area contributed by atoms with Crippen molar-refractivity contribution < 1.29 is 0 Å². The highest BCUT2D eigenvalue weighted by atomic mass is 15.2. The molecule has 1 aliphatic rings. The topological polar surface area (TPSA) is 32.5 Å². The molecule has 1 rings (SSSR count). The highest BCUT2D eigenvalue weighted by molar-refractivity contribution is 4.95. The Hall–Kier alpha value is -0.120. The fourth-order valence-electron chi connectivity index (χ4n) is 3.58. The lowest BCUT2D eigenvalue weighted by molar-refractivity contribution is 0.0435. The molecule has 0 aromatic carbocycles. The summed E-state index contributed by atoms with van der Waals surface area (Å²) >= 11 is 0. The summed E-state index contributed by atoms with van der Waals surface area (Å²) in [6, 6.07) is 0. The van der Waals surface area contributed by atoms with Crippen molar-refractivity contribution in [3.8, 4) is 0 Å². The van der Waals surface area contributed by atoms with Gasteiger partial charge in [0.25, 0.3) is 0 Å². The van der Waals surface area contributed by atoms with Gasteiger partial charge >= 0.3 is 0 Å². The molecule has 114 valence electrons. The van der Waals surface area contributed by atoms with Crippen LogP contribution in [-0.4, -0.2) is 55.6 Å². The van der Waals surface area contributed by atoms with Crippen molar-refractivity contribution in [1.29, 1.82) is 0 Å². The first-order chi connectivity index (χ1) is 9.07. The van der Waals surface area contributed by atoms with E-state index in [9.17, 15) is 0 Å². The van der Waals surface area contributed by atoms with Gasteiger partial charge in [0.1, 0.15) is 0 Å². The molecule has 0 spiro atoms. The van der Waals surface area contributed by atoms with Gasteiger partial charge in [0.15, 0.2) is 0 Å². The van der Waals surface area contributed by atoms with Crippen molar-refractivity contribution in [2.45, 2.75) is 57.9 Å². The summed E-state index contributed by atoms with van der Waals surface area (Å²) in [5, 5.41) is 0. The van der Waals surface area contributed by atoms with E-state index in [-0.39, 0.29) is 0 Å². The lowest BCUT2D eigenvalue weighted by Gasteiger charge is -2.47. The molecular formula is C16H35N3. The van der Waals surface area contributed by atoms with Gasteiger partial charge in [0, 0.05) is 12.1 Å². The summed E-state index contributed by atoms with van der Waals surface area (Å²) in [6.45, 7) is 8.96. The minimum absolute atomic E-state index is 0.298. The quantitative estimate of drug-likeness (QED) is 0.735.